The van der Waals surface area contributed by atoms with Gasteiger partial charge >= 0.3 is 5.96 Å². The van der Waals surface area contributed by atoms with Gasteiger partial charge in [-0.2, -0.15) is 0 Å². The van der Waals surface area contributed by atoms with E-state index in [4.69, 9.17) is 31.4 Å². The number of ether oxygens (including phenoxy) is 3. The van der Waals surface area contributed by atoms with Gasteiger partial charge in [0.25, 0.3) is 0 Å². The molecule has 17 nitrogen and oxygen atoms in total. The fourth-order valence-electron chi connectivity index (χ4n) is 12.6. The number of aliphatic hydroxyl groups excluding tert-OH is 4. The Labute approximate surface area is 335 Å². The number of carbonyl (C=O) groups excluding carboxylic acids is 2. The van der Waals surface area contributed by atoms with Crippen molar-refractivity contribution >= 4 is 17.5 Å². The molecule has 3 saturated heterocycles. The zero-order chi connectivity index (χ0) is 40.8. The lowest BCUT2D eigenvalue weighted by Gasteiger charge is -2.56. The second-order valence-electron chi connectivity index (χ2n) is 18.8. The molecule has 0 amide bonds. The maximum absolute atomic E-state index is 15.0. The van der Waals surface area contributed by atoms with Crippen LogP contribution in [0.5, 0.6) is 0 Å². The number of hydrogen-bond donors (Lipinski definition) is 12. The van der Waals surface area contributed by atoms with Gasteiger partial charge in [0.15, 0.2) is 6.29 Å². The van der Waals surface area contributed by atoms with Crippen LogP contribution in [-0.2, 0) is 23.8 Å². The summed E-state index contributed by atoms with van der Waals surface area (Å²) in [4.78, 5) is 32.7. The van der Waals surface area contributed by atoms with E-state index in [0.717, 1.165) is 58.0 Å². The van der Waals surface area contributed by atoms with Crippen molar-refractivity contribution in [3.63, 3.8) is 0 Å². The summed E-state index contributed by atoms with van der Waals surface area (Å²) in [5.74, 6) is -2.58. The number of piperidine rings is 2. The van der Waals surface area contributed by atoms with Gasteiger partial charge in [-0.3, -0.25) is 37.1 Å². The molecular weight excluding hydrogens is 738 g/mol. The van der Waals surface area contributed by atoms with Gasteiger partial charge in [-0.1, -0.05) is 0 Å². The number of aliphatic hydroxyl groups is 5. The Morgan fingerprint density at radius 1 is 0.947 bits per heavy atom. The molecule has 3 heterocycles. The van der Waals surface area contributed by atoms with Crippen LogP contribution in [0, 0.1) is 53.3 Å². The molecule has 7 fully saturated rings. The Morgan fingerprint density at radius 3 is 2.40 bits per heavy atom. The second-order valence-corrected chi connectivity index (χ2v) is 18.8. The van der Waals surface area contributed by atoms with Gasteiger partial charge in [-0.15, -0.1) is 0 Å². The van der Waals surface area contributed by atoms with E-state index in [1.54, 1.807) is 14.2 Å². The monoisotopic (exact) mass is 811 g/mol. The van der Waals surface area contributed by atoms with E-state index in [9.17, 15) is 35.1 Å². The average molecular weight is 811 g/mol. The predicted molar refractivity (Wildman–Crippen MR) is 204 cm³/mol. The first-order valence-corrected chi connectivity index (χ1v) is 21.8. The molecule has 4 saturated carbocycles. The molecule has 0 aromatic heterocycles. The van der Waals surface area contributed by atoms with Crippen molar-refractivity contribution in [1.82, 2.24) is 5.32 Å². The molecule has 7 aliphatic rings. The molecule has 20 atom stereocenters. The van der Waals surface area contributed by atoms with E-state index in [1.807, 2.05) is 0 Å². The lowest BCUT2D eigenvalue weighted by molar-refractivity contribution is -0.703. The quantitative estimate of drug-likeness (QED) is 0.0723. The van der Waals surface area contributed by atoms with E-state index >= 15 is 0 Å². The molecular formula is C40H72N7O10+3. The molecule has 0 bridgehead atoms. The van der Waals surface area contributed by atoms with Gasteiger partial charge in [-0.05, 0) is 75.5 Å². The molecule has 0 aromatic rings. The topological polar surface area (TPSA) is 300 Å². The molecule has 4 aliphatic carbocycles. The summed E-state index contributed by atoms with van der Waals surface area (Å²) in [6.45, 7) is 1.16. The number of carbonyl (C=O) groups is 2. The van der Waals surface area contributed by atoms with Gasteiger partial charge in [0.2, 0.25) is 0 Å². The summed E-state index contributed by atoms with van der Waals surface area (Å²) in [6, 6.07) is -0.201. The van der Waals surface area contributed by atoms with Crippen molar-refractivity contribution in [1.29, 1.82) is 0 Å². The van der Waals surface area contributed by atoms with Crippen molar-refractivity contribution in [3.05, 3.63) is 0 Å². The highest BCUT2D eigenvalue weighted by Crippen LogP contribution is 2.55. The van der Waals surface area contributed by atoms with Gasteiger partial charge in [0.1, 0.15) is 47.8 Å². The first-order valence-electron chi connectivity index (χ1n) is 21.8. The van der Waals surface area contributed by atoms with Gasteiger partial charge < -0.3 is 50.4 Å². The zero-order valence-electron chi connectivity index (χ0n) is 33.7. The smallest absolute Gasteiger partial charge is 0.341 e. The molecule has 0 radical (unpaired) electrons. The lowest BCUT2D eigenvalue weighted by Crippen LogP contribution is -2.95. The number of guanidine groups is 1. The summed E-state index contributed by atoms with van der Waals surface area (Å²) < 4.78 is 18.3. The molecule has 20 unspecified atom stereocenters. The largest absolute Gasteiger partial charge is 0.394 e. The van der Waals surface area contributed by atoms with E-state index < -0.39 is 78.8 Å². The highest BCUT2D eigenvalue weighted by molar-refractivity contribution is 6.00. The number of fused-ring (bicyclic) bond motifs is 3. The minimum Gasteiger partial charge on any atom is -0.394 e. The third-order valence-electron chi connectivity index (χ3n) is 15.7. The van der Waals surface area contributed by atoms with Crippen LogP contribution >= 0.6 is 0 Å². The minimum absolute atomic E-state index is 0.00420. The Bertz CT molecular complexity index is 1430. The Balaban J connectivity index is 1.11. The van der Waals surface area contributed by atoms with Crippen LogP contribution in [0.2, 0.25) is 0 Å². The molecule has 0 spiro atoms. The van der Waals surface area contributed by atoms with Crippen molar-refractivity contribution in [2.75, 3.05) is 33.9 Å². The van der Waals surface area contributed by atoms with Crippen molar-refractivity contribution in [2.24, 2.45) is 70.5 Å². The summed E-state index contributed by atoms with van der Waals surface area (Å²) in [6.07, 6.45) is -0.781. The van der Waals surface area contributed by atoms with Crippen LogP contribution in [0.15, 0.2) is 0 Å². The molecule has 0 aromatic carbocycles. The number of hydrogen-bond acceptors (Lipinski definition) is 12. The van der Waals surface area contributed by atoms with E-state index in [2.05, 4.69) is 20.9 Å². The average Bonchev–Trinajstić information content (AvgIpc) is 3.20. The molecule has 324 valence electrons. The van der Waals surface area contributed by atoms with Crippen LogP contribution in [-0.4, -0.2) is 144 Å². The summed E-state index contributed by atoms with van der Waals surface area (Å²) in [5.41, 5.74) is 16.6. The van der Waals surface area contributed by atoms with Crippen LogP contribution in [0.25, 0.3) is 0 Å². The van der Waals surface area contributed by atoms with Crippen LogP contribution in [0.4, 0.5) is 0 Å². The number of nitrogens with two attached hydrogens (primary N) is 5. The van der Waals surface area contributed by atoms with Crippen LogP contribution in [0.1, 0.15) is 77.0 Å². The standard InChI is InChI=1S/C40H69N7O10/c1-44-39(43)47-25-5-4-20(11-19-3-6-28(41)46-16-19)22-15-24-32(34(50)30(22)25)35(51)31-23(33(24)49)13-21(55-2)14-26(31)56-38-36(52)37(53)40(54,27(17-48)57-38)9-7-18-8-10-45-29(42)12-18/h18-32,34,36-38,45-46,48,50,52-54H,3-17,41-42H2,1-2H3,(H3,43,44,47)/p+3. The number of rotatable bonds is 10. The number of ketones is 2. The van der Waals surface area contributed by atoms with Crippen molar-refractivity contribution in [2.45, 2.75) is 144 Å². The highest BCUT2D eigenvalue weighted by Gasteiger charge is 2.64. The molecule has 7 rings (SSSR count). The SMILES string of the molecule is C[NH+]=C(N)NC1CCC(CC2CCC(N)[NH2+]C2)C2CC3C(=O)C4CC(OC)CC(OC5OC(CO)C(O)(CCC6CC[NH2+]C(N)C6)C(O)C5O)C4C(=O)C3C(O)C12. The Morgan fingerprint density at radius 2 is 1.72 bits per heavy atom. The lowest BCUT2D eigenvalue weighted by atomic mass is 9.49. The minimum atomic E-state index is -1.96. The first kappa shape index (κ1) is 43.2. The molecule has 17 N–H and O–H groups in total. The first-order chi connectivity index (χ1) is 27.3. The van der Waals surface area contributed by atoms with Gasteiger partial charge in [-0.25, -0.2) is 0 Å². The maximum Gasteiger partial charge on any atom is 0.341 e. The van der Waals surface area contributed by atoms with Crippen LogP contribution < -0.4 is 38.1 Å². The number of nitrogens with one attached hydrogen (secondary N) is 2. The molecule has 17 heteroatoms. The summed E-state index contributed by atoms with van der Waals surface area (Å²) >= 11 is 0. The van der Waals surface area contributed by atoms with Crippen LogP contribution in [0.3, 0.4) is 0 Å². The van der Waals surface area contributed by atoms with E-state index in [1.165, 1.54) is 0 Å². The number of Topliss-reactive ketones (excluding diaryl/α,β-unsaturated/α-hetero) is 2. The third-order valence-corrected chi connectivity index (χ3v) is 15.7. The fraction of sp³-hybridized carbons (Fsp3) is 0.925. The normalized spacial score (nSPS) is 49.4. The maximum atomic E-state index is 15.0. The molecule has 57 heavy (non-hydrogen) atoms. The number of quaternary nitrogens is 2. The summed E-state index contributed by atoms with van der Waals surface area (Å²) in [5, 5.41) is 65.1. The number of methoxy groups -OCH3 is 1. The Hall–Kier alpha value is -1.87. The van der Waals surface area contributed by atoms with E-state index in [-0.39, 0.29) is 66.5 Å². The van der Waals surface area contributed by atoms with Crippen molar-refractivity contribution in [3.8, 4) is 0 Å². The summed E-state index contributed by atoms with van der Waals surface area (Å²) in [7, 11) is 3.28. The van der Waals surface area contributed by atoms with Crippen molar-refractivity contribution < 1.29 is 65.0 Å². The predicted octanol–water partition coefficient (Wildman–Crippen LogP) is -5.96. The zero-order valence-corrected chi connectivity index (χ0v) is 33.7. The Kier molecular flexibility index (Phi) is 13.7. The van der Waals surface area contributed by atoms with Gasteiger partial charge in [0, 0.05) is 50.0 Å². The third kappa shape index (κ3) is 8.55. The van der Waals surface area contributed by atoms with Gasteiger partial charge in [0.05, 0.1) is 62.9 Å². The highest BCUT2D eigenvalue weighted by atomic mass is 16.7. The van der Waals surface area contributed by atoms with E-state index in [0.29, 0.717) is 31.1 Å². The molecule has 3 aliphatic heterocycles. The second kappa shape index (κ2) is 18.0. The fourth-order valence-corrected chi connectivity index (χ4v) is 12.6.